The largest absolute Gasteiger partial charge is 0.490 e. The van der Waals surface area contributed by atoms with E-state index in [2.05, 4.69) is 58.4 Å². The number of benzene rings is 2. The van der Waals surface area contributed by atoms with Gasteiger partial charge in [-0.15, -0.1) is 0 Å². The van der Waals surface area contributed by atoms with Gasteiger partial charge in [0.1, 0.15) is 15.5 Å². The molecule has 7 rings (SSSR count). The minimum atomic E-state index is -5.08. The predicted octanol–water partition coefficient (Wildman–Crippen LogP) is 5.94. The number of hydrogen-bond acceptors (Lipinski definition) is 6. The fraction of sp³-hybridized carbons (Fsp3) is 0.382. The Morgan fingerprint density at radius 1 is 1.04 bits per heavy atom. The number of carboxylic acid groups (broad SMARTS) is 1. The molecule has 2 aromatic heterocycles. The maximum Gasteiger partial charge on any atom is 0.490 e. The minimum Gasteiger partial charge on any atom is -0.475 e. The molecule has 2 fully saturated rings. The summed E-state index contributed by atoms with van der Waals surface area (Å²) in [6.45, 7) is 2.40. The van der Waals surface area contributed by atoms with Crippen LogP contribution in [0, 0.1) is 0 Å². The van der Waals surface area contributed by atoms with Crippen LogP contribution in [0.3, 0.4) is 0 Å². The molecule has 2 aromatic carbocycles. The van der Waals surface area contributed by atoms with Crippen molar-refractivity contribution in [1.29, 1.82) is 0 Å². The molecule has 1 aliphatic carbocycles. The lowest BCUT2D eigenvalue weighted by molar-refractivity contribution is -0.192. The SMILES string of the molecule is CN1C(=O)C2(CCC2)c2c1cnc1[nH]c(-c3ccc(CN4CCC(S(C)(=O)=O)CC4)cc3)c(-c3ccccc3)c21.O=C(O)C(F)(F)F. The first-order chi connectivity index (χ1) is 22.2. The average molecular weight is 669 g/mol. The van der Waals surface area contributed by atoms with E-state index in [1.807, 2.05) is 19.3 Å². The van der Waals surface area contributed by atoms with Crippen LogP contribution in [0.25, 0.3) is 33.4 Å². The number of aromatic nitrogens is 2. The van der Waals surface area contributed by atoms with E-state index in [0.717, 1.165) is 83.6 Å². The van der Waals surface area contributed by atoms with Gasteiger partial charge in [-0.1, -0.05) is 61.0 Å². The number of piperidine rings is 1. The molecular weight excluding hydrogens is 633 g/mol. The number of carbonyl (C=O) groups is 2. The van der Waals surface area contributed by atoms with Crippen LogP contribution in [0.4, 0.5) is 18.9 Å². The second-order valence-electron chi connectivity index (χ2n) is 12.6. The lowest BCUT2D eigenvalue weighted by Gasteiger charge is -2.37. The second-order valence-corrected chi connectivity index (χ2v) is 14.9. The average Bonchev–Trinajstić information content (AvgIpc) is 3.51. The van der Waals surface area contributed by atoms with Gasteiger partial charge in [-0.2, -0.15) is 13.2 Å². The molecule has 0 atom stereocenters. The highest BCUT2D eigenvalue weighted by Crippen LogP contribution is 2.57. The summed E-state index contributed by atoms with van der Waals surface area (Å²) < 4.78 is 55.6. The normalized spacial score (nSPS) is 18.1. The van der Waals surface area contributed by atoms with Gasteiger partial charge in [0.25, 0.3) is 0 Å². The van der Waals surface area contributed by atoms with Crippen LogP contribution in [0.1, 0.15) is 43.2 Å². The van der Waals surface area contributed by atoms with Crippen molar-refractivity contribution in [2.75, 3.05) is 31.3 Å². The van der Waals surface area contributed by atoms with Gasteiger partial charge in [0.05, 0.1) is 28.2 Å². The van der Waals surface area contributed by atoms with Crippen molar-refractivity contribution in [3.8, 4) is 22.4 Å². The third kappa shape index (κ3) is 6.02. The first kappa shape index (κ1) is 32.7. The lowest BCUT2D eigenvalue weighted by atomic mass is 9.64. The Bertz CT molecular complexity index is 1930. The first-order valence-electron chi connectivity index (χ1n) is 15.4. The standard InChI is InChI=1S/C32H34N4O3S.C2HF3O2/c1-35-25-19-33-30-27(28(25)32(31(35)37)15-6-16-32)26(22-7-4-3-5-8-22)29(34-30)23-11-9-21(10-12-23)20-36-17-13-24(14-18-36)40(2,38)39;3-2(4,5)1(6)7/h3-5,7-12,19,24H,6,13-18,20H2,1-2H3,(H,33,34);(H,6,7). The molecule has 13 heteroatoms. The highest BCUT2D eigenvalue weighted by atomic mass is 32.2. The van der Waals surface area contributed by atoms with Crippen LogP contribution in [-0.4, -0.2) is 78.1 Å². The van der Waals surface area contributed by atoms with Gasteiger partial charge in [0.2, 0.25) is 5.91 Å². The Morgan fingerprint density at radius 3 is 2.19 bits per heavy atom. The van der Waals surface area contributed by atoms with Crippen molar-refractivity contribution in [2.24, 2.45) is 0 Å². The second kappa shape index (κ2) is 12.1. The van der Waals surface area contributed by atoms with Crippen molar-refractivity contribution >= 4 is 38.4 Å². The van der Waals surface area contributed by atoms with Crippen LogP contribution in [0.2, 0.25) is 0 Å². The number of amides is 1. The molecule has 0 radical (unpaired) electrons. The number of alkyl halides is 3. The molecule has 3 aliphatic rings. The quantitative estimate of drug-likeness (QED) is 0.270. The number of rotatable bonds is 5. The summed E-state index contributed by atoms with van der Waals surface area (Å²) in [6.07, 6.45) is 2.35. The van der Waals surface area contributed by atoms with Gasteiger partial charge in [-0.3, -0.25) is 9.69 Å². The van der Waals surface area contributed by atoms with E-state index in [1.165, 1.54) is 11.8 Å². The molecule has 9 nitrogen and oxygen atoms in total. The topological polar surface area (TPSA) is 124 Å². The lowest BCUT2D eigenvalue weighted by Crippen LogP contribution is -2.43. The molecule has 1 spiro atoms. The number of carboxylic acids is 1. The maximum absolute atomic E-state index is 13.5. The summed E-state index contributed by atoms with van der Waals surface area (Å²) in [5.74, 6) is -2.57. The fourth-order valence-electron chi connectivity index (χ4n) is 7.06. The van der Waals surface area contributed by atoms with Crippen LogP contribution < -0.4 is 4.90 Å². The number of halogens is 3. The number of likely N-dealkylation sites (tertiary alicyclic amines) is 1. The number of aliphatic carboxylic acids is 1. The molecule has 1 saturated heterocycles. The van der Waals surface area contributed by atoms with Gasteiger partial charge in [0.15, 0.2) is 0 Å². The molecular formula is C34H35F3N4O5S. The highest BCUT2D eigenvalue weighted by molar-refractivity contribution is 7.91. The van der Waals surface area contributed by atoms with Gasteiger partial charge in [-0.05, 0) is 55.5 Å². The van der Waals surface area contributed by atoms with Crippen molar-refractivity contribution < 1.29 is 36.3 Å². The van der Waals surface area contributed by atoms with Gasteiger partial charge in [0, 0.05) is 36.4 Å². The minimum absolute atomic E-state index is 0.190. The maximum atomic E-state index is 13.5. The Labute approximate surface area is 270 Å². The first-order valence-corrected chi connectivity index (χ1v) is 17.4. The monoisotopic (exact) mass is 668 g/mol. The zero-order valence-electron chi connectivity index (χ0n) is 26.0. The summed E-state index contributed by atoms with van der Waals surface area (Å²) in [5.41, 5.74) is 7.94. The predicted molar refractivity (Wildman–Crippen MR) is 173 cm³/mol. The number of H-pyrrole nitrogens is 1. The molecule has 0 bridgehead atoms. The van der Waals surface area contributed by atoms with Crippen molar-refractivity contribution in [2.45, 2.75) is 55.5 Å². The highest BCUT2D eigenvalue weighted by Gasteiger charge is 2.55. The van der Waals surface area contributed by atoms with Crippen LogP contribution in [0.15, 0.2) is 60.8 Å². The number of nitrogens with one attached hydrogen (secondary N) is 1. The number of nitrogens with zero attached hydrogens (tertiary/aromatic N) is 3. The van der Waals surface area contributed by atoms with Crippen molar-refractivity contribution in [3.05, 3.63) is 71.9 Å². The number of pyridine rings is 1. The Morgan fingerprint density at radius 2 is 1.66 bits per heavy atom. The van der Waals surface area contributed by atoms with E-state index in [1.54, 1.807) is 4.90 Å². The number of hydrogen-bond donors (Lipinski definition) is 2. The molecule has 4 heterocycles. The third-order valence-electron chi connectivity index (χ3n) is 9.66. The smallest absolute Gasteiger partial charge is 0.475 e. The fourth-order valence-corrected chi connectivity index (χ4v) is 8.12. The molecule has 1 saturated carbocycles. The molecule has 2 aliphatic heterocycles. The van der Waals surface area contributed by atoms with E-state index in [4.69, 9.17) is 14.9 Å². The van der Waals surface area contributed by atoms with Gasteiger partial charge < -0.3 is 15.0 Å². The molecule has 248 valence electrons. The summed E-state index contributed by atoms with van der Waals surface area (Å²) in [6, 6.07) is 19.1. The van der Waals surface area contributed by atoms with E-state index >= 15 is 0 Å². The van der Waals surface area contributed by atoms with Crippen molar-refractivity contribution in [1.82, 2.24) is 14.9 Å². The summed E-state index contributed by atoms with van der Waals surface area (Å²) in [7, 11) is -1.09. The third-order valence-corrected chi connectivity index (χ3v) is 11.3. The van der Waals surface area contributed by atoms with E-state index < -0.39 is 27.4 Å². The number of likely N-dealkylation sites (N-methyl/N-ethyl adjacent to an activating group) is 1. The number of anilines is 1. The summed E-state index contributed by atoms with van der Waals surface area (Å²) in [4.78, 5) is 34.9. The molecule has 1 amide bonds. The molecule has 47 heavy (non-hydrogen) atoms. The number of aromatic amines is 1. The van der Waals surface area contributed by atoms with E-state index in [9.17, 15) is 26.4 Å². The van der Waals surface area contributed by atoms with Crippen LogP contribution >= 0.6 is 0 Å². The number of sulfone groups is 1. The van der Waals surface area contributed by atoms with E-state index in [0.29, 0.717) is 12.8 Å². The van der Waals surface area contributed by atoms with Gasteiger partial charge >= 0.3 is 12.1 Å². The van der Waals surface area contributed by atoms with E-state index in [-0.39, 0.29) is 11.2 Å². The van der Waals surface area contributed by atoms with Crippen molar-refractivity contribution in [3.63, 3.8) is 0 Å². The Kier molecular flexibility index (Phi) is 8.41. The van der Waals surface area contributed by atoms with Crippen LogP contribution in [-0.2, 0) is 31.4 Å². The Balaban J connectivity index is 0.000000499. The number of fused-ring (bicyclic) bond motifs is 4. The summed E-state index contributed by atoms with van der Waals surface area (Å²) >= 11 is 0. The van der Waals surface area contributed by atoms with Gasteiger partial charge in [-0.25, -0.2) is 18.2 Å². The summed E-state index contributed by atoms with van der Waals surface area (Å²) in [5, 5.41) is 7.97. The molecule has 4 aromatic rings. The Hall–Kier alpha value is -4.23. The zero-order chi connectivity index (χ0) is 33.7. The zero-order valence-corrected chi connectivity index (χ0v) is 26.8. The number of carbonyl (C=O) groups excluding carboxylic acids is 1. The molecule has 0 unspecified atom stereocenters. The molecule has 2 N–H and O–H groups in total. The van der Waals surface area contributed by atoms with Crippen LogP contribution in [0.5, 0.6) is 0 Å².